The van der Waals surface area contributed by atoms with Crippen LogP contribution in [0.1, 0.15) is 10.9 Å². The molecule has 0 saturated heterocycles. The first kappa shape index (κ1) is 11.2. The Labute approximate surface area is 96.5 Å². The van der Waals surface area contributed by atoms with Gasteiger partial charge in [-0.1, -0.05) is 30.3 Å². The molecule has 16 heavy (non-hydrogen) atoms. The molecule has 0 aliphatic heterocycles. The van der Waals surface area contributed by atoms with Gasteiger partial charge in [0, 0.05) is 9.75 Å². The summed E-state index contributed by atoms with van der Waals surface area (Å²) in [5.41, 5.74) is 6.42. The van der Waals surface area contributed by atoms with Gasteiger partial charge in [-0.3, -0.25) is 0 Å². The fraction of sp³-hybridized carbons (Fsp3) is 0.167. The summed E-state index contributed by atoms with van der Waals surface area (Å²) in [4.78, 5) is 1.49. The highest BCUT2D eigenvalue weighted by Crippen LogP contribution is 2.32. The van der Waals surface area contributed by atoms with E-state index in [2.05, 4.69) is 0 Å². The predicted molar refractivity (Wildman–Crippen MR) is 62.7 cm³/mol. The Morgan fingerprint density at radius 2 is 1.69 bits per heavy atom. The van der Waals surface area contributed by atoms with Crippen molar-refractivity contribution in [3.63, 3.8) is 0 Å². The molecular formula is C12H11F2NS. The Morgan fingerprint density at radius 1 is 1.00 bits per heavy atom. The second-order valence-electron chi connectivity index (χ2n) is 3.43. The van der Waals surface area contributed by atoms with E-state index in [1.165, 1.54) is 11.3 Å². The number of nitrogens with two attached hydrogens (primary N) is 1. The van der Waals surface area contributed by atoms with E-state index in [1.807, 2.05) is 36.4 Å². The molecule has 0 amide bonds. The Bertz CT molecular complexity index is 453. The number of rotatable bonds is 3. The minimum Gasteiger partial charge on any atom is -0.319 e. The lowest BCUT2D eigenvalue weighted by Gasteiger charge is -2.06. The van der Waals surface area contributed by atoms with Gasteiger partial charge in [-0.25, -0.2) is 8.78 Å². The van der Waals surface area contributed by atoms with Gasteiger partial charge in [-0.2, -0.15) is 0 Å². The quantitative estimate of drug-likeness (QED) is 0.868. The fourth-order valence-corrected chi connectivity index (χ4v) is 2.43. The molecule has 0 bridgehead atoms. The Balaban J connectivity index is 2.27. The normalized spacial score (nSPS) is 13.0. The van der Waals surface area contributed by atoms with E-state index in [1.54, 1.807) is 6.07 Å². The van der Waals surface area contributed by atoms with E-state index in [0.717, 1.165) is 10.4 Å². The summed E-state index contributed by atoms with van der Waals surface area (Å²) in [6, 6.07) is 12.0. The molecule has 0 radical (unpaired) electrons. The largest absolute Gasteiger partial charge is 0.319 e. The molecule has 84 valence electrons. The van der Waals surface area contributed by atoms with Crippen molar-refractivity contribution in [1.82, 2.24) is 0 Å². The number of benzene rings is 1. The fourth-order valence-electron chi connectivity index (χ4n) is 1.41. The molecule has 0 saturated carbocycles. The zero-order valence-electron chi connectivity index (χ0n) is 8.44. The number of halogens is 2. The first-order chi connectivity index (χ1) is 7.68. The lowest BCUT2D eigenvalue weighted by Crippen LogP contribution is -2.17. The van der Waals surface area contributed by atoms with Crippen LogP contribution in [0.3, 0.4) is 0 Å². The highest BCUT2D eigenvalue weighted by Gasteiger charge is 2.19. The molecule has 1 atom stereocenters. The summed E-state index contributed by atoms with van der Waals surface area (Å²) in [5, 5.41) is 0. The maximum absolute atomic E-state index is 12.4. The Kier molecular flexibility index (Phi) is 3.31. The number of hydrogen-bond acceptors (Lipinski definition) is 2. The maximum atomic E-state index is 12.4. The number of alkyl halides is 2. The molecule has 0 aliphatic carbocycles. The van der Waals surface area contributed by atoms with Crippen molar-refractivity contribution in [1.29, 1.82) is 0 Å². The van der Waals surface area contributed by atoms with Crippen molar-refractivity contribution < 1.29 is 8.78 Å². The minimum absolute atomic E-state index is 0.522. The van der Waals surface area contributed by atoms with Crippen LogP contribution in [0.25, 0.3) is 10.4 Å². The van der Waals surface area contributed by atoms with E-state index in [0.29, 0.717) is 4.88 Å². The summed E-state index contributed by atoms with van der Waals surface area (Å²) in [6.07, 6.45) is -2.51. The van der Waals surface area contributed by atoms with Crippen molar-refractivity contribution in [2.24, 2.45) is 5.73 Å². The molecule has 0 aliphatic rings. The second kappa shape index (κ2) is 4.72. The smallest absolute Gasteiger partial charge is 0.258 e. The average molecular weight is 239 g/mol. The summed E-state index contributed by atoms with van der Waals surface area (Å²) in [5.74, 6) is 0. The van der Waals surface area contributed by atoms with Crippen LogP contribution in [-0.2, 0) is 0 Å². The van der Waals surface area contributed by atoms with E-state index >= 15 is 0 Å². The van der Waals surface area contributed by atoms with Crippen molar-refractivity contribution in [2.45, 2.75) is 12.5 Å². The predicted octanol–water partition coefficient (Wildman–Crippen LogP) is 3.68. The molecule has 4 heteroatoms. The lowest BCUT2D eigenvalue weighted by molar-refractivity contribution is 0.118. The molecule has 1 heterocycles. The van der Waals surface area contributed by atoms with Crippen LogP contribution in [0.15, 0.2) is 42.5 Å². The number of thiophene rings is 1. The van der Waals surface area contributed by atoms with Crippen LogP contribution in [0.5, 0.6) is 0 Å². The van der Waals surface area contributed by atoms with Crippen LogP contribution in [0.4, 0.5) is 8.78 Å². The average Bonchev–Trinajstić information content (AvgIpc) is 2.78. The highest BCUT2D eigenvalue weighted by atomic mass is 32.1. The lowest BCUT2D eigenvalue weighted by atomic mass is 10.2. The molecule has 2 rings (SSSR count). The third-order valence-electron chi connectivity index (χ3n) is 2.29. The molecule has 1 aromatic heterocycles. The van der Waals surface area contributed by atoms with Crippen LogP contribution in [-0.4, -0.2) is 6.43 Å². The van der Waals surface area contributed by atoms with Gasteiger partial charge in [0.25, 0.3) is 6.43 Å². The molecule has 2 aromatic rings. The van der Waals surface area contributed by atoms with E-state index in [4.69, 9.17) is 5.73 Å². The summed E-state index contributed by atoms with van der Waals surface area (Å²) >= 11 is 1.32. The molecule has 0 fully saturated rings. The van der Waals surface area contributed by atoms with Crippen LogP contribution < -0.4 is 5.73 Å². The monoisotopic (exact) mass is 239 g/mol. The topological polar surface area (TPSA) is 26.0 Å². The van der Waals surface area contributed by atoms with Gasteiger partial charge in [0.2, 0.25) is 0 Å². The van der Waals surface area contributed by atoms with Gasteiger partial charge in [0.15, 0.2) is 0 Å². The molecule has 1 nitrogen and oxygen atoms in total. The molecule has 1 aromatic carbocycles. The summed E-state index contributed by atoms with van der Waals surface area (Å²) in [6.45, 7) is 0. The van der Waals surface area contributed by atoms with Gasteiger partial charge in [-0.15, -0.1) is 11.3 Å². The van der Waals surface area contributed by atoms with Gasteiger partial charge >= 0.3 is 0 Å². The third-order valence-corrected chi connectivity index (χ3v) is 3.52. The second-order valence-corrected chi connectivity index (χ2v) is 4.54. The van der Waals surface area contributed by atoms with E-state index in [-0.39, 0.29) is 0 Å². The molecular weight excluding hydrogens is 228 g/mol. The molecule has 1 unspecified atom stereocenters. The van der Waals surface area contributed by atoms with E-state index < -0.39 is 12.5 Å². The molecule has 0 spiro atoms. The zero-order chi connectivity index (χ0) is 11.5. The van der Waals surface area contributed by atoms with Crippen LogP contribution in [0, 0.1) is 0 Å². The SMILES string of the molecule is NC(c1ccc(-c2ccccc2)s1)C(F)F. The highest BCUT2D eigenvalue weighted by molar-refractivity contribution is 7.15. The zero-order valence-corrected chi connectivity index (χ0v) is 9.25. The van der Waals surface area contributed by atoms with E-state index in [9.17, 15) is 8.78 Å². The Hall–Kier alpha value is -1.26. The van der Waals surface area contributed by atoms with Gasteiger partial charge in [0.1, 0.15) is 6.04 Å². The molecule has 2 N–H and O–H groups in total. The van der Waals surface area contributed by atoms with Crippen molar-refractivity contribution >= 4 is 11.3 Å². The van der Waals surface area contributed by atoms with Gasteiger partial charge in [0.05, 0.1) is 0 Å². The third kappa shape index (κ3) is 2.28. The van der Waals surface area contributed by atoms with Crippen LogP contribution in [0.2, 0.25) is 0 Å². The Morgan fingerprint density at radius 3 is 2.31 bits per heavy atom. The maximum Gasteiger partial charge on any atom is 0.258 e. The standard InChI is InChI=1S/C12H11F2NS/c13-12(14)11(15)10-7-6-9(16-10)8-4-2-1-3-5-8/h1-7,11-12H,15H2. The summed E-state index contributed by atoms with van der Waals surface area (Å²) < 4.78 is 24.8. The first-order valence-electron chi connectivity index (χ1n) is 4.87. The van der Waals surface area contributed by atoms with Crippen LogP contribution >= 0.6 is 11.3 Å². The number of hydrogen-bond donors (Lipinski definition) is 1. The van der Waals surface area contributed by atoms with Gasteiger partial charge < -0.3 is 5.73 Å². The minimum atomic E-state index is -2.51. The first-order valence-corrected chi connectivity index (χ1v) is 5.69. The van der Waals surface area contributed by atoms with Gasteiger partial charge in [-0.05, 0) is 17.7 Å². The summed E-state index contributed by atoms with van der Waals surface area (Å²) in [7, 11) is 0. The van der Waals surface area contributed by atoms with Crippen molar-refractivity contribution in [3.8, 4) is 10.4 Å². The van der Waals surface area contributed by atoms with Crippen molar-refractivity contribution in [2.75, 3.05) is 0 Å². The van der Waals surface area contributed by atoms with Crippen molar-refractivity contribution in [3.05, 3.63) is 47.3 Å².